The summed E-state index contributed by atoms with van der Waals surface area (Å²) >= 11 is 0. The van der Waals surface area contributed by atoms with Crippen LogP contribution in [0.15, 0.2) is 18.2 Å². The molecule has 1 aliphatic heterocycles. The third-order valence-corrected chi connectivity index (χ3v) is 3.80. The molecule has 1 aromatic carbocycles. The first-order valence-corrected chi connectivity index (χ1v) is 7.14. The Balaban J connectivity index is 0.00000242. The van der Waals surface area contributed by atoms with Gasteiger partial charge in [0.2, 0.25) is 0 Å². The number of aryl methyl sites for hydroxylation is 1. The lowest BCUT2D eigenvalue weighted by Gasteiger charge is -2.35. The van der Waals surface area contributed by atoms with Gasteiger partial charge in [-0.15, -0.1) is 12.4 Å². The minimum atomic E-state index is -4.22. The van der Waals surface area contributed by atoms with E-state index in [0.717, 1.165) is 18.7 Å². The van der Waals surface area contributed by atoms with Gasteiger partial charge in [0.1, 0.15) is 5.82 Å². The largest absolute Gasteiger partial charge is 0.389 e. The summed E-state index contributed by atoms with van der Waals surface area (Å²) in [5.74, 6) is -0.425. The molecule has 0 radical (unpaired) electrons. The van der Waals surface area contributed by atoms with Gasteiger partial charge in [-0.2, -0.15) is 13.2 Å². The average Bonchev–Trinajstić information content (AvgIpc) is 2.43. The highest BCUT2D eigenvalue weighted by molar-refractivity contribution is 5.85. The molecular weight excluding hydrogens is 320 g/mol. The van der Waals surface area contributed by atoms with Crippen molar-refractivity contribution in [1.82, 2.24) is 10.2 Å². The van der Waals surface area contributed by atoms with Crippen LogP contribution < -0.4 is 5.32 Å². The SMILES string of the molecule is Cc1ccc(F)c([C@H](CCC(F)(F)F)N2CCNCC2)c1.Cl. The number of nitrogens with zero attached hydrogens (tertiary/aromatic N) is 1. The lowest BCUT2D eigenvalue weighted by Crippen LogP contribution is -2.45. The number of hydrogen-bond acceptors (Lipinski definition) is 2. The molecule has 0 unspecified atom stereocenters. The average molecular weight is 341 g/mol. The first-order chi connectivity index (χ1) is 9.87. The maximum Gasteiger partial charge on any atom is 0.389 e. The summed E-state index contributed by atoms with van der Waals surface area (Å²) in [4.78, 5) is 1.94. The van der Waals surface area contributed by atoms with Crippen molar-refractivity contribution >= 4 is 12.4 Å². The molecule has 126 valence electrons. The van der Waals surface area contributed by atoms with E-state index in [0.29, 0.717) is 18.7 Å². The normalized spacial score (nSPS) is 17.9. The van der Waals surface area contributed by atoms with Crippen LogP contribution in [0, 0.1) is 12.7 Å². The quantitative estimate of drug-likeness (QED) is 0.838. The number of benzene rings is 1. The fourth-order valence-corrected chi connectivity index (χ4v) is 2.75. The predicted molar refractivity (Wildman–Crippen MR) is 80.9 cm³/mol. The zero-order valence-corrected chi connectivity index (χ0v) is 13.2. The van der Waals surface area contributed by atoms with E-state index in [1.54, 1.807) is 12.1 Å². The molecule has 1 atom stereocenters. The van der Waals surface area contributed by atoms with Gasteiger partial charge < -0.3 is 5.32 Å². The Bertz CT molecular complexity index is 473. The van der Waals surface area contributed by atoms with Crippen molar-refractivity contribution < 1.29 is 17.6 Å². The van der Waals surface area contributed by atoms with Crippen LogP contribution in [-0.2, 0) is 0 Å². The van der Waals surface area contributed by atoms with Gasteiger partial charge in [0.15, 0.2) is 0 Å². The van der Waals surface area contributed by atoms with Gasteiger partial charge in [0.05, 0.1) is 0 Å². The van der Waals surface area contributed by atoms with Crippen LogP contribution in [0.2, 0.25) is 0 Å². The van der Waals surface area contributed by atoms with E-state index >= 15 is 0 Å². The van der Waals surface area contributed by atoms with E-state index in [2.05, 4.69) is 5.32 Å². The van der Waals surface area contributed by atoms with Crippen LogP contribution in [0.5, 0.6) is 0 Å². The Morgan fingerprint density at radius 1 is 1.23 bits per heavy atom. The van der Waals surface area contributed by atoms with Crippen molar-refractivity contribution in [3.63, 3.8) is 0 Å². The molecule has 0 spiro atoms. The van der Waals surface area contributed by atoms with Crippen molar-refractivity contribution in [2.24, 2.45) is 0 Å². The van der Waals surface area contributed by atoms with Crippen LogP contribution in [0.25, 0.3) is 0 Å². The monoisotopic (exact) mass is 340 g/mol. The van der Waals surface area contributed by atoms with E-state index < -0.39 is 24.5 Å². The lowest BCUT2D eigenvalue weighted by atomic mass is 9.97. The maximum atomic E-state index is 14.1. The van der Waals surface area contributed by atoms with E-state index in [9.17, 15) is 17.6 Å². The Morgan fingerprint density at radius 2 is 1.86 bits per heavy atom. The summed E-state index contributed by atoms with van der Waals surface area (Å²) < 4.78 is 51.7. The van der Waals surface area contributed by atoms with Crippen molar-refractivity contribution in [1.29, 1.82) is 0 Å². The molecule has 0 aliphatic carbocycles. The van der Waals surface area contributed by atoms with Gasteiger partial charge in [-0.25, -0.2) is 4.39 Å². The van der Waals surface area contributed by atoms with Gasteiger partial charge in [-0.05, 0) is 19.4 Å². The molecule has 1 aliphatic rings. The Kier molecular flexibility index (Phi) is 7.09. The summed E-state index contributed by atoms with van der Waals surface area (Å²) in [6.07, 6.45) is -5.22. The predicted octanol–water partition coefficient (Wildman–Crippen LogP) is 3.84. The minimum Gasteiger partial charge on any atom is -0.314 e. The zero-order valence-electron chi connectivity index (χ0n) is 12.4. The topological polar surface area (TPSA) is 15.3 Å². The van der Waals surface area contributed by atoms with E-state index in [-0.39, 0.29) is 18.8 Å². The maximum absolute atomic E-state index is 14.1. The summed E-state index contributed by atoms with van der Waals surface area (Å²) in [5.41, 5.74) is 1.24. The van der Waals surface area contributed by atoms with Gasteiger partial charge in [0.25, 0.3) is 0 Å². The van der Waals surface area contributed by atoms with Gasteiger partial charge in [-0.3, -0.25) is 4.90 Å². The van der Waals surface area contributed by atoms with Crippen molar-refractivity contribution in [3.8, 4) is 0 Å². The fourth-order valence-electron chi connectivity index (χ4n) is 2.75. The molecule has 2 nitrogen and oxygen atoms in total. The highest BCUT2D eigenvalue weighted by Gasteiger charge is 2.32. The standard InChI is InChI=1S/C15H20F4N2.ClH/c1-11-2-3-13(16)12(10-11)14(4-5-15(17,18)19)21-8-6-20-7-9-21;/h2-3,10,14,20H,4-9H2,1H3;1H/t14-;/m0./s1. The molecule has 1 fully saturated rings. The summed E-state index contributed by atoms with van der Waals surface area (Å²) in [6, 6.07) is 4.12. The third-order valence-electron chi connectivity index (χ3n) is 3.80. The molecule has 7 heteroatoms. The molecule has 0 bridgehead atoms. The molecule has 1 N–H and O–H groups in total. The van der Waals surface area contributed by atoms with Gasteiger partial charge in [0, 0.05) is 44.2 Å². The summed E-state index contributed by atoms with van der Waals surface area (Å²) in [6.45, 7) is 4.53. The van der Waals surface area contributed by atoms with Crippen LogP contribution in [0.1, 0.15) is 30.0 Å². The minimum absolute atomic E-state index is 0. The van der Waals surface area contributed by atoms with Crippen LogP contribution in [0.3, 0.4) is 0 Å². The Morgan fingerprint density at radius 3 is 2.45 bits per heavy atom. The smallest absolute Gasteiger partial charge is 0.314 e. The second-order valence-corrected chi connectivity index (χ2v) is 5.48. The first-order valence-electron chi connectivity index (χ1n) is 7.14. The summed E-state index contributed by atoms with van der Waals surface area (Å²) in [5, 5.41) is 3.16. The molecule has 1 heterocycles. The second-order valence-electron chi connectivity index (χ2n) is 5.48. The number of piperazine rings is 1. The first kappa shape index (κ1) is 19.2. The Labute approximate surface area is 134 Å². The highest BCUT2D eigenvalue weighted by atomic mass is 35.5. The number of rotatable bonds is 4. The van der Waals surface area contributed by atoms with Crippen LogP contribution >= 0.6 is 12.4 Å². The third kappa shape index (κ3) is 5.41. The van der Waals surface area contributed by atoms with Gasteiger partial charge >= 0.3 is 6.18 Å². The molecular formula is C15H21ClF4N2. The second kappa shape index (κ2) is 8.13. The molecule has 1 aromatic rings. The van der Waals surface area contributed by atoms with Gasteiger partial charge in [-0.1, -0.05) is 17.7 Å². The van der Waals surface area contributed by atoms with E-state index in [1.807, 2.05) is 11.8 Å². The van der Waals surface area contributed by atoms with Crippen molar-refractivity contribution in [3.05, 3.63) is 35.1 Å². The molecule has 1 saturated heterocycles. The number of alkyl halides is 3. The number of halogens is 5. The van der Waals surface area contributed by atoms with E-state index in [4.69, 9.17) is 0 Å². The summed E-state index contributed by atoms with van der Waals surface area (Å²) in [7, 11) is 0. The lowest BCUT2D eigenvalue weighted by molar-refractivity contribution is -0.138. The molecule has 0 saturated carbocycles. The number of hydrogen-bond donors (Lipinski definition) is 1. The molecule has 2 rings (SSSR count). The van der Waals surface area contributed by atoms with Crippen LogP contribution in [0.4, 0.5) is 17.6 Å². The zero-order chi connectivity index (χ0) is 15.5. The molecule has 0 amide bonds. The Hall–Kier alpha value is -0.850. The van der Waals surface area contributed by atoms with Crippen molar-refractivity contribution in [2.75, 3.05) is 26.2 Å². The van der Waals surface area contributed by atoms with Crippen LogP contribution in [-0.4, -0.2) is 37.3 Å². The molecule has 22 heavy (non-hydrogen) atoms. The van der Waals surface area contributed by atoms with Crippen molar-refractivity contribution in [2.45, 2.75) is 32.0 Å². The highest BCUT2D eigenvalue weighted by Crippen LogP contribution is 2.33. The number of nitrogens with one attached hydrogen (secondary N) is 1. The fraction of sp³-hybridized carbons (Fsp3) is 0.600. The molecule has 0 aromatic heterocycles. The van der Waals surface area contributed by atoms with E-state index in [1.165, 1.54) is 6.07 Å².